The summed E-state index contributed by atoms with van der Waals surface area (Å²) in [4.78, 5) is 28.2. The molecular formula is C13H27B2N3O3. The third-order valence-corrected chi connectivity index (χ3v) is 2.95. The van der Waals surface area contributed by atoms with E-state index in [0.717, 1.165) is 12.8 Å². The molecule has 0 saturated carbocycles. The van der Waals surface area contributed by atoms with Gasteiger partial charge >= 0.3 is 0 Å². The van der Waals surface area contributed by atoms with Crippen LogP contribution in [0.4, 0.5) is 0 Å². The molecule has 0 aromatic carbocycles. The van der Waals surface area contributed by atoms with Gasteiger partial charge in [-0.25, -0.2) is 0 Å². The lowest BCUT2D eigenvalue weighted by Crippen LogP contribution is -2.46. The normalized spacial score (nSPS) is 12.8. The minimum Gasteiger partial charge on any atom is -0.330 e. The Morgan fingerprint density at radius 3 is 2.52 bits per heavy atom. The van der Waals surface area contributed by atoms with Crippen LogP contribution in [0, 0.1) is 0 Å². The third-order valence-electron chi connectivity index (χ3n) is 2.95. The van der Waals surface area contributed by atoms with Crippen molar-refractivity contribution in [1.29, 1.82) is 0 Å². The van der Waals surface area contributed by atoms with Crippen LogP contribution in [0.3, 0.4) is 0 Å². The number of hydroxylamine groups is 1. The molecule has 2 radical (unpaired) electrons. The Morgan fingerprint density at radius 1 is 1.33 bits per heavy atom. The first-order valence-electron chi connectivity index (χ1n) is 7.36. The second kappa shape index (κ2) is 11.0. The van der Waals surface area contributed by atoms with Crippen molar-refractivity contribution < 1.29 is 14.4 Å². The van der Waals surface area contributed by atoms with Gasteiger partial charge in [-0.1, -0.05) is 12.7 Å². The van der Waals surface area contributed by atoms with Crippen LogP contribution in [-0.4, -0.2) is 50.5 Å². The Hall–Kier alpha value is -0.690. The van der Waals surface area contributed by atoms with E-state index in [-0.39, 0.29) is 17.5 Å². The molecule has 0 spiro atoms. The Balaban J connectivity index is 3.71. The summed E-state index contributed by atoms with van der Waals surface area (Å²) in [6.45, 7) is 5.87. The van der Waals surface area contributed by atoms with Gasteiger partial charge in [0.05, 0.1) is 31.0 Å². The number of nitrogens with one attached hydrogen (secondary N) is 1. The number of hydrogen-bond donors (Lipinski definition) is 3. The molecule has 118 valence electrons. The highest BCUT2D eigenvalue weighted by atomic mass is 16.6. The second-order valence-electron chi connectivity index (χ2n) is 5.69. The first-order valence-corrected chi connectivity index (χ1v) is 7.36. The highest BCUT2D eigenvalue weighted by Crippen LogP contribution is 2.02. The summed E-state index contributed by atoms with van der Waals surface area (Å²) >= 11 is 0. The van der Waals surface area contributed by atoms with Crippen LogP contribution in [-0.2, 0) is 14.4 Å². The first kappa shape index (κ1) is 20.3. The summed E-state index contributed by atoms with van der Waals surface area (Å²) < 4.78 is 0. The number of carbonyl (C=O) groups is 2. The van der Waals surface area contributed by atoms with Gasteiger partial charge in [-0.3, -0.25) is 4.79 Å². The molecular weight excluding hydrogens is 268 g/mol. The lowest BCUT2D eigenvalue weighted by molar-refractivity contribution is -0.123. The molecule has 8 heteroatoms. The van der Waals surface area contributed by atoms with E-state index in [1.54, 1.807) is 21.0 Å². The van der Waals surface area contributed by atoms with E-state index in [2.05, 4.69) is 5.48 Å². The molecule has 0 aromatic heterocycles. The maximum Gasteiger partial charge on any atom is 0.159 e. The van der Waals surface area contributed by atoms with E-state index < -0.39 is 5.54 Å². The molecule has 0 heterocycles. The van der Waals surface area contributed by atoms with Crippen LogP contribution < -0.4 is 16.9 Å². The van der Waals surface area contributed by atoms with Crippen molar-refractivity contribution in [2.24, 2.45) is 11.5 Å². The summed E-state index contributed by atoms with van der Waals surface area (Å²) in [6.07, 6.45) is 3.06. The van der Waals surface area contributed by atoms with Crippen molar-refractivity contribution in [3.05, 3.63) is 0 Å². The fourth-order valence-corrected chi connectivity index (χ4v) is 1.53. The molecule has 0 aliphatic heterocycles. The summed E-state index contributed by atoms with van der Waals surface area (Å²) in [5.41, 5.74) is 12.9. The number of hydrogen-bond acceptors (Lipinski definition) is 6. The summed E-state index contributed by atoms with van der Waals surface area (Å²) in [7, 11) is 3.18. The van der Waals surface area contributed by atoms with Gasteiger partial charge in [-0.15, -0.1) is 0 Å². The fourth-order valence-electron chi connectivity index (χ4n) is 1.53. The van der Waals surface area contributed by atoms with E-state index >= 15 is 0 Å². The van der Waals surface area contributed by atoms with Crippen molar-refractivity contribution >= 4 is 25.8 Å². The van der Waals surface area contributed by atoms with Gasteiger partial charge < -0.3 is 21.1 Å². The van der Waals surface area contributed by atoms with E-state index in [4.69, 9.17) is 16.3 Å². The lowest BCUT2D eigenvalue weighted by atomic mass is 9.34. The Morgan fingerprint density at radius 2 is 2.00 bits per heavy atom. The molecule has 21 heavy (non-hydrogen) atoms. The van der Waals surface area contributed by atoms with Crippen molar-refractivity contribution in [3.8, 4) is 0 Å². The molecule has 0 amide bonds. The predicted octanol–water partition coefficient (Wildman–Crippen LogP) is -0.400. The molecule has 0 bridgehead atoms. The molecule has 5 N–H and O–H groups in total. The third kappa shape index (κ3) is 10.6. The molecule has 0 aliphatic carbocycles. The van der Waals surface area contributed by atoms with E-state index in [0.29, 0.717) is 25.9 Å². The largest absolute Gasteiger partial charge is 0.330 e. The molecule has 0 rings (SSSR count). The SMILES string of the molecule is CC(=O)[C@H](CCCCN)NOCC[B][B]C(=O)C(C)(C)N. The maximum absolute atomic E-state index is 11.5. The van der Waals surface area contributed by atoms with Gasteiger partial charge in [0.25, 0.3) is 0 Å². The minimum absolute atomic E-state index is 0.0441. The van der Waals surface area contributed by atoms with E-state index in [1.165, 1.54) is 14.1 Å². The molecule has 0 unspecified atom stereocenters. The predicted molar refractivity (Wildman–Crippen MR) is 86.1 cm³/mol. The molecule has 1 atom stereocenters. The first-order chi connectivity index (χ1) is 9.79. The van der Waals surface area contributed by atoms with Crippen LogP contribution in [0.15, 0.2) is 0 Å². The molecule has 0 saturated heterocycles. The van der Waals surface area contributed by atoms with Gasteiger partial charge in [-0.2, -0.15) is 5.48 Å². The van der Waals surface area contributed by atoms with Crippen LogP contribution in [0.25, 0.3) is 0 Å². The number of rotatable bonds is 13. The Bertz CT molecular complexity index is 322. The zero-order valence-electron chi connectivity index (χ0n) is 13.4. The van der Waals surface area contributed by atoms with Crippen molar-refractivity contribution in [1.82, 2.24) is 5.48 Å². The lowest BCUT2D eigenvalue weighted by Gasteiger charge is -2.17. The highest BCUT2D eigenvalue weighted by molar-refractivity contribution is 7.16. The van der Waals surface area contributed by atoms with Crippen LogP contribution in [0.2, 0.25) is 6.32 Å². The van der Waals surface area contributed by atoms with Crippen LogP contribution in [0.5, 0.6) is 0 Å². The summed E-state index contributed by atoms with van der Waals surface area (Å²) in [6, 6.07) is -0.301. The van der Waals surface area contributed by atoms with Gasteiger partial charge in [0.1, 0.15) is 5.78 Å². The molecule has 0 fully saturated rings. The number of ketones is 1. The molecule has 0 aromatic rings. The van der Waals surface area contributed by atoms with Gasteiger partial charge in [-0.05, 0) is 40.2 Å². The molecule has 6 nitrogen and oxygen atoms in total. The standard InChI is InChI=1S/C13H27B2N3O3/c1-10(19)11(6-4-5-8-16)18-21-9-7-14-15-12(20)13(2,3)17/h11,18H,4-9,16-17H2,1-3H3/t11-/m0/s1. The second-order valence-corrected chi connectivity index (χ2v) is 5.69. The number of nitrogens with two attached hydrogens (primary N) is 2. The monoisotopic (exact) mass is 295 g/mol. The smallest absolute Gasteiger partial charge is 0.159 e. The van der Waals surface area contributed by atoms with E-state index in [1.807, 2.05) is 0 Å². The number of unbranched alkanes of at least 4 members (excludes halogenated alkanes) is 1. The van der Waals surface area contributed by atoms with Crippen LogP contribution >= 0.6 is 0 Å². The fraction of sp³-hybridized carbons (Fsp3) is 0.846. The van der Waals surface area contributed by atoms with Crippen LogP contribution in [0.1, 0.15) is 40.0 Å². The van der Waals surface area contributed by atoms with Gasteiger partial charge in [0.2, 0.25) is 0 Å². The Labute approximate surface area is 129 Å². The topological polar surface area (TPSA) is 107 Å². The quantitative estimate of drug-likeness (QED) is 0.242. The number of Topliss-reactive ketones (excluding diaryl/α,β-unsaturated/α-hetero) is 1. The Kier molecular flexibility index (Phi) is 10.6. The maximum atomic E-state index is 11.5. The summed E-state index contributed by atoms with van der Waals surface area (Å²) in [5, 5.41) is 0. The van der Waals surface area contributed by atoms with Crippen molar-refractivity contribution in [3.63, 3.8) is 0 Å². The minimum atomic E-state index is -0.849. The average molecular weight is 295 g/mol. The molecule has 0 aliphatic rings. The van der Waals surface area contributed by atoms with Crippen molar-refractivity contribution in [2.75, 3.05) is 13.2 Å². The highest BCUT2D eigenvalue weighted by Gasteiger charge is 2.21. The zero-order valence-corrected chi connectivity index (χ0v) is 13.4. The van der Waals surface area contributed by atoms with Crippen molar-refractivity contribution in [2.45, 2.75) is 57.9 Å². The van der Waals surface area contributed by atoms with E-state index in [9.17, 15) is 9.59 Å². The zero-order chi connectivity index (χ0) is 16.3. The number of carbonyl (C=O) groups excluding carboxylic acids is 2. The summed E-state index contributed by atoms with van der Waals surface area (Å²) in [5.74, 6) is 0.0441. The van der Waals surface area contributed by atoms with Gasteiger partial charge in [0.15, 0.2) is 7.17 Å². The average Bonchev–Trinajstić information content (AvgIpc) is 2.38. The van der Waals surface area contributed by atoms with Gasteiger partial charge in [0, 0.05) is 0 Å².